The van der Waals surface area contributed by atoms with Crippen molar-refractivity contribution in [2.75, 3.05) is 27.9 Å². The maximum Gasteiger partial charge on any atom is 0.326 e. The van der Waals surface area contributed by atoms with E-state index in [0.29, 0.717) is 27.6 Å². The number of rotatable bonds is 7. The van der Waals surface area contributed by atoms with Crippen LogP contribution in [0.1, 0.15) is 17.3 Å². The van der Waals surface area contributed by atoms with Crippen molar-refractivity contribution < 1.29 is 28.5 Å². The summed E-state index contributed by atoms with van der Waals surface area (Å²) in [6.07, 6.45) is 0. The molecule has 1 aromatic heterocycles. The van der Waals surface area contributed by atoms with Crippen molar-refractivity contribution in [1.82, 2.24) is 4.57 Å². The summed E-state index contributed by atoms with van der Waals surface area (Å²) in [7, 11) is 4.59. The zero-order chi connectivity index (χ0) is 21.7. The molecule has 3 aromatic rings. The first kappa shape index (κ1) is 21.4. The minimum Gasteiger partial charge on any atom is -0.497 e. The lowest BCUT2D eigenvalue weighted by Gasteiger charge is -2.08. The highest BCUT2D eigenvalue weighted by Crippen LogP contribution is 2.28. The fraction of sp³-hybridized carbons (Fsp3) is 0.286. The lowest BCUT2D eigenvalue weighted by Crippen LogP contribution is -2.23. The molecule has 1 heterocycles. The molecule has 0 saturated carbocycles. The van der Waals surface area contributed by atoms with Gasteiger partial charge in [-0.3, -0.25) is 9.59 Å². The van der Waals surface area contributed by atoms with Gasteiger partial charge in [-0.05, 0) is 43.3 Å². The third-order valence-electron chi connectivity index (χ3n) is 4.31. The zero-order valence-corrected chi connectivity index (χ0v) is 17.9. The molecule has 0 fully saturated rings. The second-order valence-electron chi connectivity index (χ2n) is 6.10. The quantitative estimate of drug-likeness (QED) is 0.536. The van der Waals surface area contributed by atoms with Crippen LogP contribution in [0.15, 0.2) is 41.4 Å². The predicted molar refractivity (Wildman–Crippen MR) is 112 cm³/mol. The summed E-state index contributed by atoms with van der Waals surface area (Å²) >= 11 is 1.29. The number of hydrogen-bond donors (Lipinski definition) is 0. The molecule has 0 saturated heterocycles. The largest absolute Gasteiger partial charge is 0.497 e. The highest BCUT2D eigenvalue weighted by atomic mass is 32.1. The van der Waals surface area contributed by atoms with Crippen LogP contribution in [0.5, 0.6) is 17.2 Å². The summed E-state index contributed by atoms with van der Waals surface area (Å²) in [6, 6.07) is 10.3. The normalized spacial score (nSPS) is 11.4. The van der Waals surface area contributed by atoms with E-state index >= 15 is 0 Å². The number of thiazole rings is 1. The summed E-state index contributed by atoms with van der Waals surface area (Å²) < 4.78 is 23.3. The standard InChI is InChI=1S/C21H22N2O6S/c1-5-29-19(24)12-23-15-8-7-14(26-2)11-18(15)30-21(23)22-20(25)13-6-9-16(27-3)17(10-13)28-4/h6-11H,5,12H2,1-4H3. The first-order valence-corrected chi connectivity index (χ1v) is 9.96. The summed E-state index contributed by atoms with van der Waals surface area (Å²) in [6.45, 7) is 1.95. The molecule has 0 spiro atoms. The van der Waals surface area contributed by atoms with Crippen LogP contribution in [0.4, 0.5) is 0 Å². The molecule has 0 bridgehead atoms. The van der Waals surface area contributed by atoms with E-state index in [1.165, 1.54) is 25.6 Å². The predicted octanol–water partition coefficient (Wildman–Crippen LogP) is 3.03. The molecule has 2 aromatic carbocycles. The number of carbonyl (C=O) groups excluding carboxylic acids is 2. The van der Waals surface area contributed by atoms with Gasteiger partial charge in [-0.25, -0.2) is 0 Å². The van der Waals surface area contributed by atoms with Crippen molar-refractivity contribution in [2.24, 2.45) is 4.99 Å². The van der Waals surface area contributed by atoms with Crippen LogP contribution < -0.4 is 19.0 Å². The van der Waals surface area contributed by atoms with Crippen LogP contribution in [0.3, 0.4) is 0 Å². The molecular weight excluding hydrogens is 408 g/mol. The summed E-state index contributed by atoms with van der Waals surface area (Å²) in [5.41, 5.74) is 1.10. The molecule has 0 radical (unpaired) electrons. The third-order valence-corrected chi connectivity index (χ3v) is 5.35. The van der Waals surface area contributed by atoms with E-state index in [-0.39, 0.29) is 13.2 Å². The number of benzene rings is 2. The van der Waals surface area contributed by atoms with Crippen molar-refractivity contribution in [1.29, 1.82) is 0 Å². The number of methoxy groups -OCH3 is 3. The van der Waals surface area contributed by atoms with Gasteiger partial charge in [0.15, 0.2) is 16.3 Å². The number of nitrogens with zero attached hydrogens (tertiary/aromatic N) is 2. The van der Waals surface area contributed by atoms with Gasteiger partial charge in [0.05, 0.1) is 38.2 Å². The Hall–Kier alpha value is -3.33. The highest BCUT2D eigenvalue weighted by molar-refractivity contribution is 7.16. The lowest BCUT2D eigenvalue weighted by atomic mass is 10.2. The summed E-state index contributed by atoms with van der Waals surface area (Å²) in [5.74, 6) is 0.740. The molecule has 8 nitrogen and oxygen atoms in total. The molecule has 0 aliphatic carbocycles. The van der Waals surface area contributed by atoms with Crippen LogP contribution >= 0.6 is 11.3 Å². The van der Waals surface area contributed by atoms with E-state index in [1.807, 2.05) is 12.1 Å². The fourth-order valence-electron chi connectivity index (χ4n) is 2.88. The maximum absolute atomic E-state index is 12.8. The number of esters is 1. The molecule has 0 unspecified atom stereocenters. The zero-order valence-electron chi connectivity index (χ0n) is 17.1. The Balaban J connectivity index is 2.09. The number of carbonyl (C=O) groups is 2. The van der Waals surface area contributed by atoms with Gasteiger partial charge >= 0.3 is 5.97 Å². The number of hydrogen-bond acceptors (Lipinski definition) is 7. The van der Waals surface area contributed by atoms with Crippen LogP contribution in [-0.2, 0) is 16.1 Å². The average Bonchev–Trinajstić information content (AvgIpc) is 3.09. The molecule has 0 N–H and O–H groups in total. The minimum atomic E-state index is -0.466. The second-order valence-corrected chi connectivity index (χ2v) is 7.11. The van der Waals surface area contributed by atoms with Gasteiger partial charge in [0.1, 0.15) is 12.3 Å². The SMILES string of the molecule is CCOC(=O)Cn1c(=NC(=O)c2ccc(OC)c(OC)c2)sc2cc(OC)ccc21. The molecule has 30 heavy (non-hydrogen) atoms. The smallest absolute Gasteiger partial charge is 0.326 e. The Labute approximate surface area is 177 Å². The van der Waals surface area contributed by atoms with Gasteiger partial charge < -0.3 is 23.5 Å². The number of fused-ring (bicyclic) bond motifs is 1. The molecule has 0 aliphatic heterocycles. The van der Waals surface area contributed by atoms with E-state index < -0.39 is 11.9 Å². The van der Waals surface area contributed by atoms with E-state index in [9.17, 15) is 9.59 Å². The van der Waals surface area contributed by atoms with Gasteiger partial charge in [-0.15, -0.1) is 0 Å². The Morgan fingerprint density at radius 2 is 1.77 bits per heavy atom. The van der Waals surface area contributed by atoms with Crippen molar-refractivity contribution in [3.8, 4) is 17.2 Å². The van der Waals surface area contributed by atoms with Crippen molar-refractivity contribution in [3.05, 3.63) is 46.8 Å². The first-order valence-electron chi connectivity index (χ1n) is 9.14. The van der Waals surface area contributed by atoms with E-state index in [2.05, 4.69) is 4.99 Å². The monoisotopic (exact) mass is 430 g/mol. The Kier molecular flexibility index (Phi) is 6.73. The highest BCUT2D eigenvalue weighted by Gasteiger charge is 2.15. The van der Waals surface area contributed by atoms with Gasteiger partial charge in [0, 0.05) is 5.56 Å². The Morgan fingerprint density at radius 3 is 2.43 bits per heavy atom. The molecular formula is C21H22N2O6S. The Bertz CT molecular complexity index is 1150. The molecule has 1 amide bonds. The molecule has 158 valence electrons. The van der Waals surface area contributed by atoms with E-state index in [0.717, 1.165) is 10.2 Å². The van der Waals surface area contributed by atoms with Crippen molar-refractivity contribution >= 4 is 33.4 Å². The number of ether oxygens (including phenoxy) is 4. The maximum atomic E-state index is 12.8. The van der Waals surface area contributed by atoms with Crippen LogP contribution in [0.25, 0.3) is 10.2 Å². The van der Waals surface area contributed by atoms with Crippen molar-refractivity contribution in [3.63, 3.8) is 0 Å². The molecule has 9 heteroatoms. The average molecular weight is 430 g/mol. The van der Waals surface area contributed by atoms with E-state index in [4.69, 9.17) is 18.9 Å². The second kappa shape index (κ2) is 9.45. The van der Waals surface area contributed by atoms with Gasteiger partial charge in [0.25, 0.3) is 5.91 Å². The van der Waals surface area contributed by atoms with Gasteiger partial charge in [-0.1, -0.05) is 11.3 Å². The summed E-state index contributed by atoms with van der Waals surface area (Å²) in [5, 5.41) is 0. The van der Waals surface area contributed by atoms with E-state index in [1.54, 1.807) is 42.9 Å². The fourth-order valence-corrected chi connectivity index (χ4v) is 3.93. The molecule has 3 rings (SSSR count). The topological polar surface area (TPSA) is 88.4 Å². The minimum absolute atomic E-state index is 0.0573. The van der Waals surface area contributed by atoms with Gasteiger partial charge in [0.2, 0.25) is 0 Å². The van der Waals surface area contributed by atoms with Gasteiger partial charge in [-0.2, -0.15) is 4.99 Å². The number of aromatic nitrogens is 1. The lowest BCUT2D eigenvalue weighted by molar-refractivity contribution is -0.143. The Morgan fingerprint density at radius 1 is 1.00 bits per heavy atom. The third kappa shape index (κ3) is 4.46. The first-order chi connectivity index (χ1) is 14.5. The van der Waals surface area contributed by atoms with Crippen LogP contribution in [0, 0.1) is 0 Å². The van der Waals surface area contributed by atoms with Crippen LogP contribution in [-0.4, -0.2) is 44.4 Å². The molecule has 0 atom stereocenters. The van der Waals surface area contributed by atoms with Crippen molar-refractivity contribution in [2.45, 2.75) is 13.5 Å². The van der Waals surface area contributed by atoms with Crippen LogP contribution in [0.2, 0.25) is 0 Å². The summed E-state index contributed by atoms with van der Waals surface area (Å²) in [4.78, 5) is 29.6. The number of amides is 1. The molecule has 0 aliphatic rings.